The molecule has 0 unspecified atom stereocenters. The van der Waals surface area contributed by atoms with E-state index in [0.29, 0.717) is 12.8 Å². The van der Waals surface area contributed by atoms with Crippen LogP contribution >= 0.6 is 0 Å². The number of piperidine rings is 1. The van der Waals surface area contributed by atoms with Gasteiger partial charge in [-0.05, 0) is 43.6 Å². The molecule has 0 bridgehead atoms. The molecule has 0 aliphatic carbocycles. The molecule has 1 spiro atoms. The lowest BCUT2D eigenvalue weighted by molar-refractivity contribution is -0.226. The van der Waals surface area contributed by atoms with E-state index in [4.69, 9.17) is 14.3 Å². The number of amides is 1. The molecule has 7 heteroatoms. The first kappa shape index (κ1) is 17.7. The summed E-state index contributed by atoms with van der Waals surface area (Å²) in [5.41, 5.74) is 0.270. The van der Waals surface area contributed by atoms with E-state index >= 15 is 0 Å². The fraction of sp³-hybridized carbons (Fsp3) is 0.556. The number of nitrogens with one attached hydrogen (secondary N) is 1. The summed E-state index contributed by atoms with van der Waals surface area (Å²) >= 11 is 0. The van der Waals surface area contributed by atoms with Crippen molar-refractivity contribution in [3.05, 3.63) is 29.8 Å². The molecular weight excluding hydrogens is 324 g/mol. The van der Waals surface area contributed by atoms with Crippen LogP contribution < -0.4 is 10.1 Å². The monoisotopic (exact) mass is 348 g/mol. The second-order valence-corrected chi connectivity index (χ2v) is 6.45. The van der Waals surface area contributed by atoms with E-state index in [2.05, 4.69) is 5.32 Å². The van der Waals surface area contributed by atoms with E-state index in [1.807, 2.05) is 24.3 Å². The Morgan fingerprint density at radius 3 is 2.76 bits per heavy atom. The molecule has 0 aromatic heterocycles. The van der Waals surface area contributed by atoms with Gasteiger partial charge in [-0.15, -0.1) is 0 Å². The lowest BCUT2D eigenvalue weighted by Gasteiger charge is -2.42. The maximum Gasteiger partial charge on any atom is 0.311 e. The fourth-order valence-electron chi connectivity index (χ4n) is 3.80. The highest BCUT2D eigenvalue weighted by molar-refractivity contribution is 5.88. The molecule has 1 aromatic carbocycles. The zero-order valence-corrected chi connectivity index (χ0v) is 14.6. The van der Waals surface area contributed by atoms with Crippen molar-refractivity contribution in [3.63, 3.8) is 0 Å². The molecule has 2 saturated heterocycles. The molecule has 3 rings (SSSR count). The van der Waals surface area contributed by atoms with Gasteiger partial charge in [-0.2, -0.15) is 0 Å². The minimum absolute atomic E-state index is 0.130. The van der Waals surface area contributed by atoms with Crippen molar-refractivity contribution < 1.29 is 23.9 Å². The molecule has 2 aliphatic rings. The van der Waals surface area contributed by atoms with Crippen LogP contribution in [0.1, 0.15) is 24.8 Å². The topological polar surface area (TPSA) is 77.1 Å². The summed E-state index contributed by atoms with van der Waals surface area (Å²) in [6, 6.07) is 7.51. The second-order valence-electron chi connectivity index (χ2n) is 6.45. The SMILES string of the molecule is COC(=O)[C@@H]1CC(=O)N(OCc2cccc(OC)c2)C12CCNCC2. The maximum atomic E-state index is 12.6. The molecule has 25 heavy (non-hydrogen) atoms. The third kappa shape index (κ3) is 3.34. The standard InChI is InChI=1S/C18H24N2O5/c1-23-14-5-3-4-13(10-14)12-25-20-16(21)11-15(17(22)24-2)18(20)6-8-19-9-7-18/h3-5,10,15,19H,6-9,11-12H2,1-2H3/t15-/m0/s1. The Balaban J connectivity index is 1.80. The molecule has 136 valence electrons. The lowest BCUT2D eigenvalue weighted by atomic mass is 9.78. The highest BCUT2D eigenvalue weighted by Gasteiger charge is 2.57. The van der Waals surface area contributed by atoms with Crippen molar-refractivity contribution in [3.8, 4) is 5.75 Å². The average molecular weight is 348 g/mol. The Kier molecular flexibility index (Phi) is 5.24. The Morgan fingerprint density at radius 1 is 1.32 bits per heavy atom. The Bertz CT molecular complexity index is 642. The van der Waals surface area contributed by atoms with Crippen molar-refractivity contribution in [2.45, 2.75) is 31.4 Å². The van der Waals surface area contributed by atoms with Crippen molar-refractivity contribution in [1.29, 1.82) is 0 Å². The molecule has 0 radical (unpaired) electrons. The summed E-state index contributed by atoms with van der Waals surface area (Å²) in [7, 11) is 2.97. The Morgan fingerprint density at radius 2 is 2.08 bits per heavy atom. The van der Waals surface area contributed by atoms with E-state index < -0.39 is 11.5 Å². The summed E-state index contributed by atoms with van der Waals surface area (Å²) in [6.45, 7) is 1.71. The van der Waals surface area contributed by atoms with Gasteiger partial charge in [0, 0.05) is 6.42 Å². The summed E-state index contributed by atoms with van der Waals surface area (Å²) in [5.74, 6) is -0.266. The van der Waals surface area contributed by atoms with Gasteiger partial charge in [-0.1, -0.05) is 12.1 Å². The van der Waals surface area contributed by atoms with Crippen molar-refractivity contribution in [2.24, 2.45) is 5.92 Å². The predicted molar refractivity (Wildman–Crippen MR) is 89.6 cm³/mol. The van der Waals surface area contributed by atoms with Crippen LogP contribution in [-0.4, -0.2) is 49.8 Å². The number of esters is 1. The molecule has 2 fully saturated rings. The molecule has 1 N–H and O–H groups in total. The van der Waals surface area contributed by atoms with Gasteiger partial charge in [-0.3, -0.25) is 14.4 Å². The van der Waals surface area contributed by atoms with Crippen LogP contribution in [0.2, 0.25) is 0 Å². The molecule has 2 aliphatic heterocycles. The van der Waals surface area contributed by atoms with Crippen LogP contribution in [0.3, 0.4) is 0 Å². The molecule has 7 nitrogen and oxygen atoms in total. The van der Waals surface area contributed by atoms with Crippen molar-refractivity contribution in [2.75, 3.05) is 27.3 Å². The molecular formula is C18H24N2O5. The predicted octanol–water partition coefficient (Wildman–Crippen LogP) is 1.27. The largest absolute Gasteiger partial charge is 0.497 e. The van der Waals surface area contributed by atoms with E-state index in [9.17, 15) is 9.59 Å². The number of carbonyl (C=O) groups excluding carboxylic acids is 2. The van der Waals surface area contributed by atoms with Crippen molar-refractivity contribution in [1.82, 2.24) is 10.4 Å². The number of carbonyl (C=O) groups is 2. The molecule has 0 saturated carbocycles. The first-order valence-corrected chi connectivity index (χ1v) is 8.48. The highest BCUT2D eigenvalue weighted by atomic mass is 16.7. The van der Waals surface area contributed by atoms with Gasteiger partial charge in [-0.25, -0.2) is 5.06 Å². The number of hydrogen-bond acceptors (Lipinski definition) is 6. The van der Waals surface area contributed by atoms with Gasteiger partial charge in [0.15, 0.2) is 0 Å². The first-order chi connectivity index (χ1) is 12.1. The van der Waals surface area contributed by atoms with Crippen LogP contribution in [0.4, 0.5) is 0 Å². The van der Waals surface area contributed by atoms with Crippen LogP contribution in [0.5, 0.6) is 5.75 Å². The van der Waals surface area contributed by atoms with Crippen LogP contribution in [-0.2, 0) is 25.8 Å². The smallest absolute Gasteiger partial charge is 0.311 e. The zero-order chi connectivity index (χ0) is 17.9. The summed E-state index contributed by atoms with van der Waals surface area (Å²) in [5, 5.41) is 4.71. The van der Waals surface area contributed by atoms with Crippen LogP contribution in [0, 0.1) is 5.92 Å². The molecule has 1 aromatic rings. The van der Waals surface area contributed by atoms with E-state index in [0.717, 1.165) is 24.4 Å². The van der Waals surface area contributed by atoms with Crippen LogP contribution in [0.25, 0.3) is 0 Å². The van der Waals surface area contributed by atoms with Gasteiger partial charge in [0.1, 0.15) is 12.4 Å². The number of hydrogen-bond donors (Lipinski definition) is 1. The maximum absolute atomic E-state index is 12.6. The minimum Gasteiger partial charge on any atom is -0.497 e. The van der Waals surface area contributed by atoms with Gasteiger partial charge in [0.05, 0.1) is 25.7 Å². The number of hydroxylamine groups is 2. The zero-order valence-electron chi connectivity index (χ0n) is 14.6. The Labute approximate surface area is 147 Å². The lowest BCUT2D eigenvalue weighted by Crippen LogP contribution is -2.56. The second kappa shape index (κ2) is 7.41. The Hall–Kier alpha value is -2.12. The number of rotatable bonds is 5. The van der Waals surface area contributed by atoms with Gasteiger partial charge in [0.2, 0.25) is 5.91 Å². The van der Waals surface area contributed by atoms with Crippen LogP contribution in [0.15, 0.2) is 24.3 Å². The molecule has 2 heterocycles. The minimum atomic E-state index is -0.631. The quantitative estimate of drug-likeness (QED) is 0.808. The highest BCUT2D eigenvalue weighted by Crippen LogP contribution is 2.43. The third-order valence-electron chi connectivity index (χ3n) is 5.11. The summed E-state index contributed by atoms with van der Waals surface area (Å²) in [6.07, 6.45) is 1.46. The normalized spacial score (nSPS) is 22.2. The number of benzene rings is 1. The van der Waals surface area contributed by atoms with E-state index in [1.54, 1.807) is 7.11 Å². The molecule has 1 atom stereocenters. The third-order valence-corrected chi connectivity index (χ3v) is 5.11. The summed E-state index contributed by atoms with van der Waals surface area (Å²) < 4.78 is 10.2. The molecule has 1 amide bonds. The first-order valence-electron chi connectivity index (χ1n) is 8.48. The number of nitrogens with zero attached hydrogens (tertiary/aromatic N) is 1. The number of methoxy groups -OCH3 is 2. The van der Waals surface area contributed by atoms with Gasteiger partial charge in [0.25, 0.3) is 0 Å². The van der Waals surface area contributed by atoms with Gasteiger partial charge >= 0.3 is 5.97 Å². The average Bonchev–Trinajstić information content (AvgIpc) is 2.91. The fourth-order valence-corrected chi connectivity index (χ4v) is 3.80. The van der Waals surface area contributed by atoms with E-state index in [1.165, 1.54) is 12.2 Å². The van der Waals surface area contributed by atoms with Crippen molar-refractivity contribution >= 4 is 11.9 Å². The van der Waals surface area contributed by atoms with E-state index in [-0.39, 0.29) is 24.9 Å². The summed E-state index contributed by atoms with van der Waals surface area (Å²) in [4.78, 5) is 30.7. The van der Waals surface area contributed by atoms with Gasteiger partial charge < -0.3 is 14.8 Å². The number of ether oxygens (including phenoxy) is 2.